The Morgan fingerprint density at radius 1 is 1.25 bits per heavy atom. The Labute approximate surface area is 129 Å². The predicted molar refractivity (Wildman–Crippen MR) is 82.2 cm³/mol. The van der Waals surface area contributed by atoms with E-state index in [1.54, 1.807) is 12.4 Å². The molecule has 0 aliphatic carbocycles. The summed E-state index contributed by atoms with van der Waals surface area (Å²) >= 11 is 12.1. The van der Waals surface area contributed by atoms with E-state index in [9.17, 15) is 0 Å². The van der Waals surface area contributed by atoms with Crippen molar-refractivity contribution in [2.75, 3.05) is 0 Å². The molecule has 6 heteroatoms. The first kappa shape index (κ1) is 15.3. The van der Waals surface area contributed by atoms with Crippen LogP contribution >= 0.6 is 23.2 Å². The van der Waals surface area contributed by atoms with Crippen LogP contribution in [0.3, 0.4) is 0 Å². The van der Waals surface area contributed by atoms with Gasteiger partial charge in [0, 0.05) is 15.6 Å². The second kappa shape index (κ2) is 6.12. The van der Waals surface area contributed by atoms with Gasteiger partial charge in [-0.2, -0.15) is 5.10 Å². The highest BCUT2D eigenvalue weighted by Gasteiger charge is 2.12. The Balaban J connectivity index is 2.12. The molecule has 20 heavy (non-hydrogen) atoms. The monoisotopic (exact) mass is 312 g/mol. The van der Waals surface area contributed by atoms with E-state index < -0.39 is 0 Å². The minimum Gasteiger partial charge on any atom is -0.305 e. The van der Waals surface area contributed by atoms with Crippen LogP contribution in [-0.4, -0.2) is 20.3 Å². The van der Waals surface area contributed by atoms with E-state index in [1.807, 2.05) is 16.8 Å². The van der Waals surface area contributed by atoms with Crippen LogP contribution in [0, 0.1) is 0 Å². The number of hydrogen-bond donors (Lipinski definition) is 1. The summed E-state index contributed by atoms with van der Waals surface area (Å²) in [5, 5.41) is 8.92. The Morgan fingerprint density at radius 3 is 2.65 bits per heavy atom. The van der Waals surface area contributed by atoms with Gasteiger partial charge in [0.05, 0.1) is 13.1 Å². The molecule has 2 rings (SSSR count). The molecule has 0 spiro atoms. The van der Waals surface area contributed by atoms with Crippen LogP contribution in [-0.2, 0) is 13.1 Å². The van der Waals surface area contributed by atoms with Crippen LogP contribution < -0.4 is 5.32 Å². The van der Waals surface area contributed by atoms with Gasteiger partial charge in [-0.3, -0.25) is 0 Å². The lowest BCUT2D eigenvalue weighted by atomic mass is 10.1. The molecule has 0 aliphatic heterocycles. The van der Waals surface area contributed by atoms with Crippen LogP contribution in [0.2, 0.25) is 10.0 Å². The average molecular weight is 313 g/mol. The molecule has 0 unspecified atom stereocenters. The van der Waals surface area contributed by atoms with Crippen molar-refractivity contribution in [3.63, 3.8) is 0 Å². The second-order valence-electron chi connectivity index (χ2n) is 5.67. The highest BCUT2D eigenvalue weighted by molar-refractivity contribution is 6.35. The minimum atomic E-state index is 0.0364. The normalized spacial score (nSPS) is 11.8. The number of aromatic nitrogens is 3. The lowest BCUT2D eigenvalue weighted by Gasteiger charge is -2.20. The van der Waals surface area contributed by atoms with Gasteiger partial charge in [0.15, 0.2) is 0 Å². The number of nitrogens with zero attached hydrogens (tertiary/aromatic N) is 3. The van der Waals surface area contributed by atoms with E-state index in [2.05, 4.69) is 36.2 Å². The maximum absolute atomic E-state index is 6.19. The number of nitrogens with one attached hydrogen (secondary N) is 1. The molecule has 0 saturated heterocycles. The summed E-state index contributed by atoms with van der Waals surface area (Å²) in [4.78, 5) is 4.28. The van der Waals surface area contributed by atoms with Crippen molar-refractivity contribution in [2.24, 2.45) is 0 Å². The van der Waals surface area contributed by atoms with E-state index in [-0.39, 0.29) is 5.54 Å². The van der Waals surface area contributed by atoms with E-state index in [0.29, 0.717) is 23.1 Å². The molecule has 1 N–H and O–H groups in total. The van der Waals surface area contributed by atoms with Gasteiger partial charge in [0.25, 0.3) is 0 Å². The average Bonchev–Trinajstić information content (AvgIpc) is 2.77. The van der Waals surface area contributed by atoms with Crippen molar-refractivity contribution >= 4 is 23.2 Å². The summed E-state index contributed by atoms with van der Waals surface area (Å²) in [7, 11) is 0. The Bertz CT molecular complexity index is 587. The standard InChI is InChI=1S/C14H18Cl2N4/c1-14(2,3)18-7-13-17-9-19-20(13)8-10-4-5-11(15)6-12(10)16/h4-6,9,18H,7-8H2,1-3H3. The van der Waals surface area contributed by atoms with Gasteiger partial charge in [0.1, 0.15) is 12.2 Å². The molecular weight excluding hydrogens is 295 g/mol. The van der Waals surface area contributed by atoms with Gasteiger partial charge in [-0.25, -0.2) is 9.67 Å². The SMILES string of the molecule is CC(C)(C)NCc1ncnn1Cc1ccc(Cl)cc1Cl. The van der Waals surface area contributed by atoms with Crippen molar-refractivity contribution in [1.29, 1.82) is 0 Å². The van der Waals surface area contributed by atoms with Crippen LogP contribution in [0.1, 0.15) is 32.2 Å². The molecule has 2 aromatic rings. The van der Waals surface area contributed by atoms with Crippen LogP contribution in [0.15, 0.2) is 24.5 Å². The predicted octanol–water partition coefficient (Wildman–Crippen LogP) is 3.52. The summed E-state index contributed by atoms with van der Waals surface area (Å²) in [6.45, 7) is 7.59. The summed E-state index contributed by atoms with van der Waals surface area (Å²) < 4.78 is 1.84. The van der Waals surface area contributed by atoms with Crippen molar-refractivity contribution in [3.8, 4) is 0 Å². The maximum Gasteiger partial charge on any atom is 0.141 e. The third kappa shape index (κ3) is 4.20. The summed E-state index contributed by atoms with van der Waals surface area (Å²) in [5.74, 6) is 0.881. The Morgan fingerprint density at radius 2 is 2.00 bits per heavy atom. The third-order valence-corrected chi connectivity index (χ3v) is 3.39. The van der Waals surface area contributed by atoms with Crippen molar-refractivity contribution in [3.05, 3.63) is 46.0 Å². The summed E-state index contributed by atoms with van der Waals surface area (Å²) in [5.41, 5.74) is 1.01. The first-order valence-electron chi connectivity index (χ1n) is 6.41. The third-order valence-electron chi connectivity index (χ3n) is 2.81. The molecular formula is C14H18Cl2N4. The van der Waals surface area contributed by atoms with Gasteiger partial charge in [-0.15, -0.1) is 0 Å². The smallest absolute Gasteiger partial charge is 0.141 e. The largest absolute Gasteiger partial charge is 0.305 e. The molecule has 0 amide bonds. The van der Waals surface area contributed by atoms with E-state index in [1.165, 1.54) is 0 Å². The summed E-state index contributed by atoms with van der Waals surface area (Å²) in [6.07, 6.45) is 1.56. The highest BCUT2D eigenvalue weighted by Crippen LogP contribution is 2.21. The zero-order chi connectivity index (χ0) is 14.8. The van der Waals surface area contributed by atoms with Gasteiger partial charge >= 0.3 is 0 Å². The molecule has 1 heterocycles. The lowest BCUT2D eigenvalue weighted by Crippen LogP contribution is -2.36. The van der Waals surface area contributed by atoms with Gasteiger partial charge < -0.3 is 5.32 Å². The molecule has 1 aromatic heterocycles. The molecule has 0 fully saturated rings. The zero-order valence-electron chi connectivity index (χ0n) is 11.8. The van der Waals surface area contributed by atoms with Gasteiger partial charge in [-0.1, -0.05) is 29.3 Å². The Hall–Kier alpha value is -1.10. The van der Waals surface area contributed by atoms with Gasteiger partial charge in [0.2, 0.25) is 0 Å². The highest BCUT2D eigenvalue weighted by atomic mass is 35.5. The second-order valence-corrected chi connectivity index (χ2v) is 6.52. The van der Waals surface area contributed by atoms with Gasteiger partial charge in [-0.05, 0) is 38.5 Å². The molecule has 0 bridgehead atoms. The first-order valence-corrected chi connectivity index (χ1v) is 7.16. The Kier molecular flexibility index (Phi) is 4.68. The number of rotatable bonds is 4. The van der Waals surface area contributed by atoms with Crippen molar-refractivity contribution < 1.29 is 0 Å². The fourth-order valence-corrected chi connectivity index (χ4v) is 2.18. The van der Waals surface area contributed by atoms with E-state index >= 15 is 0 Å². The topological polar surface area (TPSA) is 42.7 Å². The number of hydrogen-bond acceptors (Lipinski definition) is 3. The maximum atomic E-state index is 6.19. The lowest BCUT2D eigenvalue weighted by molar-refractivity contribution is 0.410. The van der Waals surface area contributed by atoms with Crippen LogP contribution in [0.25, 0.3) is 0 Å². The molecule has 4 nitrogen and oxygen atoms in total. The number of benzene rings is 1. The zero-order valence-corrected chi connectivity index (χ0v) is 13.3. The molecule has 0 radical (unpaired) electrons. The van der Waals surface area contributed by atoms with E-state index in [4.69, 9.17) is 23.2 Å². The molecule has 0 saturated carbocycles. The first-order chi connectivity index (χ1) is 9.35. The molecule has 0 aliphatic rings. The molecule has 0 atom stereocenters. The van der Waals surface area contributed by atoms with E-state index in [0.717, 1.165) is 11.4 Å². The van der Waals surface area contributed by atoms with Crippen molar-refractivity contribution in [1.82, 2.24) is 20.1 Å². The van der Waals surface area contributed by atoms with Crippen LogP contribution in [0.5, 0.6) is 0 Å². The van der Waals surface area contributed by atoms with Crippen molar-refractivity contribution in [2.45, 2.75) is 39.4 Å². The fraction of sp³-hybridized carbons (Fsp3) is 0.429. The quantitative estimate of drug-likeness (QED) is 0.939. The minimum absolute atomic E-state index is 0.0364. The van der Waals surface area contributed by atoms with Crippen LogP contribution in [0.4, 0.5) is 0 Å². The fourth-order valence-electron chi connectivity index (χ4n) is 1.71. The number of halogens is 2. The molecule has 1 aromatic carbocycles. The molecule has 108 valence electrons. The summed E-state index contributed by atoms with van der Waals surface area (Å²) in [6, 6.07) is 5.47.